The maximum absolute atomic E-state index is 12.9. The molecule has 0 aromatic heterocycles. The third-order valence-electron chi connectivity index (χ3n) is 3.92. The topological polar surface area (TPSA) is 57.6 Å². The first-order valence-corrected chi connectivity index (χ1v) is 9.04. The quantitative estimate of drug-likeness (QED) is 0.875. The lowest BCUT2D eigenvalue weighted by atomic mass is 9.88. The lowest BCUT2D eigenvalue weighted by Gasteiger charge is -2.34. The fraction of sp³-hybridized carbons (Fsp3) is 0.600. The first-order chi connectivity index (χ1) is 9.42. The molecule has 6 heteroatoms. The molecule has 1 rings (SSSR count). The summed E-state index contributed by atoms with van der Waals surface area (Å²) < 4.78 is 27.7. The van der Waals surface area contributed by atoms with Crippen LogP contribution in [0.4, 0.5) is 0 Å². The molecule has 0 bridgehead atoms. The normalized spacial score (nSPS) is 14.5. The summed E-state index contributed by atoms with van der Waals surface area (Å²) in [6.45, 7) is 9.55. The van der Waals surface area contributed by atoms with Gasteiger partial charge in [0.05, 0.1) is 11.5 Å². The Morgan fingerprint density at radius 3 is 2.29 bits per heavy atom. The Bertz CT molecular complexity index is 621. The Hall–Kier alpha value is -0.430. The van der Waals surface area contributed by atoms with Crippen molar-refractivity contribution in [3.05, 3.63) is 27.7 Å². The van der Waals surface area contributed by atoms with E-state index in [9.17, 15) is 13.5 Å². The highest BCUT2D eigenvalue weighted by atomic mass is 79.9. The number of rotatable bonds is 4. The van der Waals surface area contributed by atoms with Crippen molar-refractivity contribution < 1.29 is 13.5 Å². The monoisotopic (exact) mass is 377 g/mol. The molecule has 1 N–H and O–H groups in total. The van der Waals surface area contributed by atoms with Gasteiger partial charge >= 0.3 is 0 Å². The van der Waals surface area contributed by atoms with Crippen molar-refractivity contribution in [2.45, 2.75) is 52.2 Å². The zero-order valence-corrected chi connectivity index (χ0v) is 15.8. The maximum atomic E-state index is 12.9. The largest absolute Gasteiger partial charge is 0.392 e. The van der Waals surface area contributed by atoms with Gasteiger partial charge < -0.3 is 5.11 Å². The summed E-state index contributed by atoms with van der Waals surface area (Å²) in [7, 11) is -2.04. The molecular formula is C15H24BrNO3S. The van der Waals surface area contributed by atoms with Crippen LogP contribution in [0, 0.1) is 12.3 Å². The predicted octanol–water partition coefficient (Wildman–Crippen LogP) is 3.30. The number of aliphatic hydroxyl groups is 1. The van der Waals surface area contributed by atoms with Gasteiger partial charge in [-0.15, -0.1) is 0 Å². The van der Waals surface area contributed by atoms with E-state index in [1.165, 1.54) is 10.4 Å². The van der Waals surface area contributed by atoms with Crippen LogP contribution in [0.5, 0.6) is 0 Å². The highest BCUT2D eigenvalue weighted by molar-refractivity contribution is 9.10. The lowest BCUT2D eigenvalue weighted by Crippen LogP contribution is -2.43. The summed E-state index contributed by atoms with van der Waals surface area (Å²) in [6, 6.07) is 3.14. The maximum Gasteiger partial charge on any atom is 0.244 e. The zero-order chi connectivity index (χ0) is 16.6. The van der Waals surface area contributed by atoms with Gasteiger partial charge in [0, 0.05) is 17.6 Å². The lowest BCUT2D eigenvalue weighted by molar-refractivity contribution is 0.216. The van der Waals surface area contributed by atoms with Crippen molar-refractivity contribution in [3.8, 4) is 0 Å². The highest BCUT2D eigenvalue weighted by Crippen LogP contribution is 2.33. The van der Waals surface area contributed by atoms with Gasteiger partial charge in [0.25, 0.3) is 0 Å². The van der Waals surface area contributed by atoms with Crippen LogP contribution in [0.2, 0.25) is 0 Å². The van der Waals surface area contributed by atoms with Crippen LogP contribution >= 0.6 is 15.9 Å². The van der Waals surface area contributed by atoms with Crippen molar-refractivity contribution in [1.82, 2.24) is 4.31 Å². The molecule has 120 valence electrons. The van der Waals surface area contributed by atoms with Gasteiger partial charge in [-0.05, 0) is 52.4 Å². The van der Waals surface area contributed by atoms with E-state index in [1.54, 1.807) is 13.1 Å². The van der Waals surface area contributed by atoms with Gasteiger partial charge in [-0.3, -0.25) is 0 Å². The van der Waals surface area contributed by atoms with Gasteiger partial charge in [0.2, 0.25) is 10.0 Å². The van der Waals surface area contributed by atoms with Crippen LogP contribution in [0.15, 0.2) is 21.5 Å². The van der Waals surface area contributed by atoms with Gasteiger partial charge in [-0.1, -0.05) is 26.8 Å². The summed E-state index contributed by atoms with van der Waals surface area (Å²) in [5.41, 5.74) is 1.21. The molecule has 0 radical (unpaired) electrons. The van der Waals surface area contributed by atoms with E-state index in [4.69, 9.17) is 0 Å². The first-order valence-electron chi connectivity index (χ1n) is 6.80. The molecule has 4 nitrogen and oxygen atoms in total. The number of sulfonamides is 1. The molecular weight excluding hydrogens is 354 g/mol. The highest BCUT2D eigenvalue weighted by Gasteiger charge is 2.33. The minimum Gasteiger partial charge on any atom is -0.392 e. The summed E-state index contributed by atoms with van der Waals surface area (Å²) in [5.74, 6) is 0. The third kappa shape index (κ3) is 3.86. The van der Waals surface area contributed by atoms with Gasteiger partial charge in [-0.2, -0.15) is 4.31 Å². The van der Waals surface area contributed by atoms with Crippen molar-refractivity contribution in [2.75, 3.05) is 7.05 Å². The Labute approximate surface area is 136 Å². The van der Waals surface area contributed by atoms with E-state index in [0.717, 1.165) is 5.56 Å². The molecule has 21 heavy (non-hydrogen) atoms. The number of benzene rings is 1. The second-order valence-electron chi connectivity index (χ2n) is 6.45. The molecule has 0 saturated carbocycles. The van der Waals surface area contributed by atoms with E-state index >= 15 is 0 Å². The second-order valence-corrected chi connectivity index (χ2v) is 9.21. The van der Waals surface area contributed by atoms with Crippen LogP contribution < -0.4 is 0 Å². The molecule has 0 aliphatic carbocycles. The van der Waals surface area contributed by atoms with Crippen molar-refractivity contribution in [3.63, 3.8) is 0 Å². The predicted molar refractivity (Wildman–Crippen MR) is 88.7 cm³/mol. The fourth-order valence-electron chi connectivity index (χ4n) is 2.00. The molecule has 1 atom stereocenters. The van der Waals surface area contributed by atoms with E-state index in [2.05, 4.69) is 15.9 Å². The summed E-state index contributed by atoms with van der Waals surface area (Å²) in [6.07, 6.45) is 0. The van der Waals surface area contributed by atoms with E-state index < -0.39 is 10.0 Å². The van der Waals surface area contributed by atoms with Gasteiger partial charge in [0.1, 0.15) is 0 Å². The molecule has 0 fully saturated rings. The van der Waals surface area contributed by atoms with E-state index in [0.29, 0.717) is 10.0 Å². The van der Waals surface area contributed by atoms with Crippen LogP contribution in [0.1, 0.15) is 38.8 Å². The smallest absolute Gasteiger partial charge is 0.244 e. The SMILES string of the molecule is Cc1cc(CO)cc(S(=O)(=O)N(C)C(C)C(C)(C)C)c1Br. The number of hydrogen-bond acceptors (Lipinski definition) is 3. The Morgan fingerprint density at radius 1 is 1.33 bits per heavy atom. The average molecular weight is 378 g/mol. The number of hydrogen-bond donors (Lipinski definition) is 1. The van der Waals surface area contributed by atoms with Crippen LogP contribution in [-0.4, -0.2) is 30.9 Å². The Balaban J connectivity index is 3.41. The minimum atomic E-state index is -3.63. The average Bonchev–Trinajstić information content (AvgIpc) is 2.38. The minimum absolute atomic E-state index is 0.160. The first kappa shape index (κ1) is 18.6. The number of aryl methyl sites for hydroxylation is 1. The van der Waals surface area contributed by atoms with E-state index in [1.807, 2.05) is 34.6 Å². The molecule has 1 unspecified atom stereocenters. The van der Waals surface area contributed by atoms with Crippen molar-refractivity contribution in [1.29, 1.82) is 0 Å². The number of aliphatic hydroxyl groups excluding tert-OH is 1. The zero-order valence-electron chi connectivity index (χ0n) is 13.4. The van der Waals surface area contributed by atoms with Gasteiger partial charge in [-0.25, -0.2) is 8.42 Å². The standard InChI is InChI=1S/C15H24BrNO3S/c1-10-7-12(9-18)8-13(14(10)16)21(19,20)17(6)11(2)15(3,4)5/h7-8,11,18H,9H2,1-6H3. The molecule has 0 aliphatic heterocycles. The molecule has 1 aromatic carbocycles. The Kier molecular flexibility index (Phi) is 5.64. The number of halogens is 1. The molecule has 0 amide bonds. The van der Waals surface area contributed by atoms with Crippen LogP contribution in [0.3, 0.4) is 0 Å². The fourth-order valence-corrected chi connectivity index (χ4v) is 4.57. The summed E-state index contributed by atoms with van der Waals surface area (Å²) in [4.78, 5) is 0.199. The second kappa shape index (κ2) is 6.36. The summed E-state index contributed by atoms with van der Waals surface area (Å²) >= 11 is 3.36. The van der Waals surface area contributed by atoms with Crippen LogP contribution in [0.25, 0.3) is 0 Å². The molecule has 0 heterocycles. The molecule has 0 aliphatic rings. The van der Waals surface area contributed by atoms with Crippen LogP contribution in [-0.2, 0) is 16.6 Å². The third-order valence-corrected chi connectivity index (χ3v) is 7.19. The van der Waals surface area contributed by atoms with Crippen molar-refractivity contribution in [2.24, 2.45) is 5.41 Å². The van der Waals surface area contributed by atoms with Gasteiger partial charge in [0.15, 0.2) is 0 Å². The molecule has 0 saturated heterocycles. The number of nitrogens with zero attached hydrogens (tertiary/aromatic N) is 1. The molecule has 0 spiro atoms. The van der Waals surface area contributed by atoms with E-state index in [-0.39, 0.29) is 23.0 Å². The summed E-state index contributed by atoms with van der Waals surface area (Å²) in [5, 5.41) is 9.30. The van der Waals surface area contributed by atoms with Crippen molar-refractivity contribution >= 4 is 26.0 Å². The molecule has 1 aromatic rings. The Morgan fingerprint density at radius 2 is 1.86 bits per heavy atom.